The topological polar surface area (TPSA) is 54.0 Å². The highest BCUT2D eigenvalue weighted by Crippen LogP contribution is 2.31. The number of benzene rings is 2. The first-order chi connectivity index (χ1) is 11.4. The fourth-order valence-electron chi connectivity index (χ4n) is 2.79. The van der Waals surface area contributed by atoms with Crippen LogP contribution >= 0.6 is 11.6 Å². The van der Waals surface area contributed by atoms with Gasteiger partial charge >= 0.3 is 0 Å². The van der Waals surface area contributed by atoms with Gasteiger partial charge in [0.2, 0.25) is 5.43 Å². The molecular formula is C20H14ClNO2. The van der Waals surface area contributed by atoms with E-state index >= 15 is 0 Å². The zero-order valence-corrected chi connectivity index (χ0v) is 14.1. The molecule has 0 bridgehead atoms. The Morgan fingerprint density at radius 2 is 1.96 bits per heavy atom. The van der Waals surface area contributed by atoms with Crippen LogP contribution < -0.4 is 5.43 Å². The second kappa shape index (κ2) is 5.99. The van der Waals surface area contributed by atoms with Crippen molar-refractivity contribution >= 4 is 28.1 Å². The third-order valence-corrected chi connectivity index (χ3v) is 4.46. The minimum atomic E-state index is -0.185. The van der Waals surface area contributed by atoms with E-state index in [9.17, 15) is 10.1 Å². The minimum absolute atomic E-state index is 0.185. The van der Waals surface area contributed by atoms with Crippen LogP contribution in [0.25, 0.3) is 27.7 Å². The van der Waals surface area contributed by atoms with E-state index < -0.39 is 0 Å². The number of fused-ring (bicyclic) bond motifs is 1. The Hall–Kier alpha value is -2.83. The van der Waals surface area contributed by atoms with Crippen LogP contribution in [-0.4, -0.2) is 0 Å². The van der Waals surface area contributed by atoms with Crippen LogP contribution in [-0.2, 0) is 0 Å². The van der Waals surface area contributed by atoms with E-state index in [1.807, 2.05) is 26.0 Å². The van der Waals surface area contributed by atoms with Gasteiger partial charge in [-0.15, -0.1) is 0 Å². The summed E-state index contributed by atoms with van der Waals surface area (Å²) in [6, 6.07) is 10.9. The molecule has 0 spiro atoms. The zero-order valence-electron chi connectivity index (χ0n) is 13.3. The standard InChI is InChI=1S/C20H14ClNO2/c1-11-5-4-6-14(19(11)13(3)9-22)16-10-24-18-7-12(2)17(21)8-15(18)20(16)23/h4-8,10H,3H2,1-2H3. The molecule has 1 aromatic heterocycles. The van der Waals surface area contributed by atoms with Gasteiger partial charge in [0.25, 0.3) is 0 Å². The summed E-state index contributed by atoms with van der Waals surface area (Å²) in [6.45, 7) is 7.52. The van der Waals surface area contributed by atoms with Gasteiger partial charge in [-0.1, -0.05) is 36.4 Å². The molecule has 3 rings (SSSR count). The molecule has 0 atom stereocenters. The molecule has 0 amide bonds. The highest BCUT2D eigenvalue weighted by molar-refractivity contribution is 6.32. The SMILES string of the molecule is C=C(C#N)c1c(C)cccc1-c1coc2cc(C)c(Cl)cc2c1=O. The van der Waals surface area contributed by atoms with Crippen LogP contribution in [0.3, 0.4) is 0 Å². The molecule has 0 aliphatic rings. The van der Waals surface area contributed by atoms with Gasteiger partial charge in [0.15, 0.2) is 0 Å². The molecule has 0 saturated heterocycles. The fourth-order valence-corrected chi connectivity index (χ4v) is 2.95. The van der Waals surface area contributed by atoms with Gasteiger partial charge in [-0.05, 0) is 42.7 Å². The highest BCUT2D eigenvalue weighted by Gasteiger charge is 2.16. The predicted molar refractivity (Wildman–Crippen MR) is 97.1 cm³/mol. The molecular weight excluding hydrogens is 322 g/mol. The van der Waals surface area contributed by atoms with Crippen LogP contribution in [0, 0.1) is 25.2 Å². The largest absolute Gasteiger partial charge is 0.463 e. The summed E-state index contributed by atoms with van der Waals surface area (Å²) in [7, 11) is 0. The average Bonchev–Trinajstić information content (AvgIpc) is 2.56. The van der Waals surface area contributed by atoms with Crippen molar-refractivity contribution in [1.29, 1.82) is 5.26 Å². The molecule has 2 aromatic carbocycles. The fraction of sp³-hybridized carbons (Fsp3) is 0.100. The van der Waals surface area contributed by atoms with Crippen LogP contribution in [0.15, 0.2) is 52.4 Å². The number of nitrogens with zero attached hydrogens (tertiary/aromatic N) is 1. The summed E-state index contributed by atoms with van der Waals surface area (Å²) in [5.41, 5.74) is 4.00. The molecule has 3 nitrogen and oxygen atoms in total. The molecule has 0 N–H and O–H groups in total. The first-order valence-corrected chi connectivity index (χ1v) is 7.73. The summed E-state index contributed by atoms with van der Waals surface area (Å²) in [5.74, 6) is 0. The lowest BCUT2D eigenvalue weighted by atomic mass is 9.92. The van der Waals surface area contributed by atoms with E-state index in [1.54, 1.807) is 18.2 Å². The van der Waals surface area contributed by atoms with Crippen molar-refractivity contribution < 1.29 is 4.42 Å². The Morgan fingerprint density at radius 1 is 1.21 bits per heavy atom. The number of aryl methyl sites for hydroxylation is 2. The Bertz CT molecular complexity index is 1090. The van der Waals surface area contributed by atoms with Gasteiger partial charge in [0.05, 0.1) is 22.6 Å². The normalized spacial score (nSPS) is 10.6. The summed E-state index contributed by atoms with van der Waals surface area (Å²) < 4.78 is 5.65. The molecule has 0 unspecified atom stereocenters. The van der Waals surface area contributed by atoms with E-state index in [0.29, 0.717) is 38.3 Å². The molecule has 1 heterocycles. The van der Waals surface area contributed by atoms with Gasteiger partial charge in [0, 0.05) is 10.6 Å². The highest BCUT2D eigenvalue weighted by atomic mass is 35.5. The third-order valence-electron chi connectivity index (χ3n) is 4.05. The first-order valence-electron chi connectivity index (χ1n) is 7.35. The van der Waals surface area contributed by atoms with Crippen LogP contribution in [0.1, 0.15) is 16.7 Å². The number of hydrogen-bond acceptors (Lipinski definition) is 3. The maximum atomic E-state index is 12.9. The first kappa shape index (κ1) is 16.0. The molecule has 24 heavy (non-hydrogen) atoms. The Kier molecular flexibility index (Phi) is 4.01. The van der Waals surface area contributed by atoms with Crippen molar-refractivity contribution in [1.82, 2.24) is 0 Å². The van der Waals surface area contributed by atoms with Gasteiger partial charge < -0.3 is 4.42 Å². The number of hydrogen-bond donors (Lipinski definition) is 0. The monoisotopic (exact) mass is 335 g/mol. The lowest BCUT2D eigenvalue weighted by molar-refractivity contribution is 0.604. The number of nitriles is 1. The maximum absolute atomic E-state index is 12.9. The molecule has 0 aliphatic heterocycles. The van der Waals surface area contributed by atoms with Crippen molar-refractivity contribution in [3.05, 3.63) is 75.1 Å². The Balaban J connectivity index is 2.37. The van der Waals surface area contributed by atoms with Gasteiger partial charge in [0.1, 0.15) is 11.8 Å². The lowest BCUT2D eigenvalue weighted by Crippen LogP contribution is -2.07. The maximum Gasteiger partial charge on any atom is 0.200 e. The van der Waals surface area contributed by atoms with Crippen molar-refractivity contribution in [2.75, 3.05) is 0 Å². The zero-order chi connectivity index (χ0) is 17.4. The van der Waals surface area contributed by atoms with Crippen molar-refractivity contribution in [2.24, 2.45) is 0 Å². The number of rotatable bonds is 2. The Labute approximate surface area is 144 Å². The predicted octanol–water partition coefficient (Wildman–Crippen LogP) is 5.27. The molecule has 118 valence electrons. The summed E-state index contributed by atoms with van der Waals surface area (Å²) in [6.07, 6.45) is 1.43. The second-order valence-corrected chi connectivity index (χ2v) is 6.07. The van der Waals surface area contributed by atoms with Crippen molar-refractivity contribution in [2.45, 2.75) is 13.8 Å². The summed E-state index contributed by atoms with van der Waals surface area (Å²) in [4.78, 5) is 12.9. The number of allylic oxidation sites excluding steroid dienone is 1. The molecule has 4 heteroatoms. The van der Waals surface area contributed by atoms with Crippen molar-refractivity contribution in [3.8, 4) is 17.2 Å². The molecule has 3 aromatic rings. The smallest absolute Gasteiger partial charge is 0.200 e. The van der Waals surface area contributed by atoms with Gasteiger partial charge in [-0.2, -0.15) is 5.26 Å². The number of halogens is 1. The quantitative estimate of drug-likeness (QED) is 0.600. The van der Waals surface area contributed by atoms with Gasteiger partial charge in [-0.3, -0.25) is 4.79 Å². The van der Waals surface area contributed by atoms with Gasteiger partial charge in [-0.25, -0.2) is 0 Å². The van der Waals surface area contributed by atoms with Crippen LogP contribution in [0.4, 0.5) is 0 Å². The lowest BCUT2D eigenvalue weighted by Gasteiger charge is -2.11. The van der Waals surface area contributed by atoms with Crippen LogP contribution in [0.5, 0.6) is 0 Å². The molecule has 0 saturated carbocycles. The molecule has 0 aliphatic carbocycles. The minimum Gasteiger partial charge on any atom is -0.463 e. The summed E-state index contributed by atoms with van der Waals surface area (Å²) in [5, 5.41) is 10.2. The van der Waals surface area contributed by atoms with Crippen molar-refractivity contribution in [3.63, 3.8) is 0 Å². The second-order valence-electron chi connectivity index (χ2n) is 5.66. The summed E-state index contributed by atoms with van der Waals surface area (Å²) >= 11 is 6.15. The van der Waals surface area contributed by atoms with E-state index in [-0.39, 0.29) is 5.43 Å². The molecule has 0 radical (unpaired) electrons. The van der Waals surface area contributed by atoms with E-state index in [4.69, 9.17) is 16.0 Å². The molecule has 0 fully saturated rings. The Morgan fingerprint density at radius 3 is 2.67 bits per heavy atom. The van der Waals surface area contributed by atoms with E-state index in [1.165, 1.54) is 6.26 Å². The third kappa shape index (κ3) is 2.51. The van der Waals surface area contributed by atoms with E-state index in [2.05, 4.69) is 12.6 Å². The van der Waals surface area contributed by atoms with Crippen LogP contribution in [0.2, 0.25) is 5.02 Å². The average molecular weight is 336 g/mol. The van der Waals surface area contributed by atoms with E-state index in [0.717, 1.165) is 11.1 Å².